The Hall–Kier alpha value is -2.36. The van der Waals surface area contributed by atoms with Gasteiger partial charge in [0.2, 0.25) is 11.8 Å². The van der Waals surface area contributed by atoms with E-state index in [1.54, 1.807) is 6.20 Å². The highest BCUT2D eigenvalue weighted by Gasteiger charge is 2.44. The Morgan fingerprint density at radius 1 is 1.22 bits per heavy atom. The zero-order valence-electron chi connectivity index (χ0n) is 17.9. The number of hydrogen-bond acceptors (Lipinski definition) is 5. The molecule has 2 aliphatic heterocycles. The number of carbonyl (C=O) groups is 2. The van der Waals surface area contributed by atoms with Gasteiger partial charge in [0, 0.05) is 38.2 Å². The summed E-state index contributed by atoms with van der Waals surface area (Å²) in [4.78, 5) is 27.7. The molecule has 1 atom stereocenters. The van der Waals surface area contributed by atoms with Gasteiger partial charge >= 0.3 is 12.1 Å². The number of rotatable bonds is 4. The largest absolute Gasteiger partial charge is 0.490 e. The second-order valence-electron chi connectivity index (χ2n) is 8.64. The number of carboxylic acid groups (broad SMARTS) is 1. The monoisotopic (exact) mass is 458 g/mol. The summed E-state index contributed by atoms with van der Waals surface area (Å²) in [6.07, 6.45) is 5.28. The van der Waals surface area contributed by atoms with Crippen LogP contribution in [-0.2, 0) is 14.3 Å². The maximum absolute atomic E-state index is 12.5. The molecule has 1 unspecified atom stereocenters. The maximum Gasteiger partial charge on any atom is 0.490 e. The molecule has 0 bridgehead atoms. The number of nitrogens with zero attached hydrogens (tertiary/aromatic N) is 2. The normalized spacial score (nSPS) is 23.0. The van der Waals surface area contributed by atoms with Crippen molar-refractivity contribution in [2.75, 3.05) is 19.7 Å². The molecule has 1 saturated carbocycles. The van der Waals surface area contributed by atoms with E-state index in [0.29, 0.717) is 24.3 Å². The summed E-state index contributed by atoms with van der Waals surface area (Å²) < 4.78 is 43.8. The van der Waals surface area contributed by atoms with E-state index >= 15 is 0 Å². The average Bonchev–Trinajstić information content (AvgIpc) is 3.39. The van der Waals surface area contributed by atoms with Crippen LogP contribution in [0.5, 0.6) is 5.88 Å². The fourth-order valence-corrected chi connectivity index (χ4v) is 4.57. The quantitative estimate of drug-likeness (QED) is 0.738. The lowest BCUT2D eigenvalue weighted by molar-refractivity contribution is -0.192. The standard InChI is InChI=1S/C20H28N2O3.C2HF3O2/c23-19(13-16-5-1-2-6-16)22-11-8-20(9-12-22)14-17(15-24-20)25-18-7-3-4-10-21-18;3-2(4,5)1(6)7/h3-4,7,10,16-17H,1-2,5-6,8-9,11-15H2;(H,6,7). The predicted molar refractivity (Wildman–Crippen MR) is 108 cm³/mol. The molecule has 1 spiro atoms. The Bertz CT molecular complexity index is 761. The molecule has 4 rings (SSSR count). The van der Waals surface area contributed by atoms with Gasteiger partial charge in [0.1, 0.15) is 6.10 Å². The maximum atomic E-state index is 12.5. The van der Waals surface area contributed by atoms with Crippen molar-refractivity contribution < 1.29 is 37.3 Å². The molecule has 0 radical (unpaired) electrons. The summed E-state index contributed by atoms with van der Waals surface area (Å²) in [5.74, 6) is -1.12. The molecule has 2 saturated heterocycles. The van der Waals surface area contributed by atoms with Crippen molar-refractivity contribution in [2.24, 2.45) is 5.92 Å². The smallest absolute Gasteiger partial charge is 0.475 e. The molecule has 3 aliphatic rings. The van der Waals surface area contributed by atoms with Crippen molar-refractivity contribution in [3.05, 3.63) is 24.4 Å². The minimum atomic E-state index is -5.08. The second-order valence-corrected chi connectivity index (χ2v) is 8.64. The van der Waals surface area contributed by atoms with E-state index in [1.807, 2.05) is 18.2 Å². The molecule has 32 heavy (non-hydrogen) atoms. The Balaban J connectivity index is 0.000000360. The number of aliphatic carboxylic acids is 1. The number of pyridine rings is 1. The van der Waals surface area contributed by atoms with Crippen molar-refractivity contribution in [3.8, 4) is 5.88 Å². The number of ether oxygens (including phenoxy) is 2. The number of carbonyl (C=O) groups excluding carboxylic acids is 1. The van der Waals surface area contributed by atoms with Crippen LogP contribution in [-0.4, -0.2) is 64.4 Å². The summed E-state index contributed by atoms with van der Waals surface area (Å²) >= 11 is 0. The van der Waals surface area contributed by atoms with E-state index in [9.17, 15) is 18.0 Å². The molecule has 1 amide bonds. The fourth-order valence-electron chi connectivity index (χ4n) is 4.57. The van der Waals surface area contributed by atoms with Gasteiger partial charge in [-0.15, -0.1) is 0 Å². The Kier molecular flexibility index (Phi) is 7.97. The van der Waals surface area contributed by atoms with E-state index in [2.05, 4.69) is 9.88 Å². The fraction of sp³-hybridized carbons (Fsp3) is 0.682. The second kappa shape index (κ2) is 10.5. The zero-order chi connectivity index (χ0) is 23.2. The number of aromatic nitrogens is 1. The number of alkyl halides is 3. The third-order valence-corrected chi connectivity index (χ3v) is 6.31. The van der Waals surface area contributed by atoms with Crippen LogP contribution in [0.3, 0.4) is 0 Å². The first-order valence-electron chi connectivity index (χ1n) is 11.0. The summed E-state index contributed by atoms with van der Waals surface area (Å²) in [7, 11) is 0. The van der Waals surface area contributed by atoms with Crippen LogP contribution in [0, 0.1) is 5.92 Å². The number of likely N-dealkylation sites (tertiary alicyclic amines) is 1. The van der Waals surface area contributed by atoms with Crippen LogP contribution in [0.2, 0.25) is 0 Å². The first-order valence-corrected chi connectivity index (χ1v) is 11.0. The van der Waals surface area contributed by atoms with E-state index in [0.717, 1.165) is 38.8 Å². The molecule has 178 valence electrons. The number of piperidine rings is 1. The number of amides is 1. The zero-order valence-corrected chi connectivity index (χ0v) is 17.9. The van der Waals surface area contributed by atoms with Crippen LogP contribution >= 0.6 is 0 Å². The van der Waals surface area contributed by atoms with Gasteiger partial charge in [-0.3, -0.25) is 4.79 Å². The van der Waals surface area contributed by atoms with Gasteiger partial charge in [0.15, 0.2) is 0 Å². The average molecular weight is 458 g/mol. The minimum Gasteiger partial charge on any atom is -0.475 e. The molecule has 10 heteroatoms. The van der Waals surface area contributed by atoms with Crippen LogP contribution in [0.25, 0.3) is 0 Å². The van der Waals surface area contributed by atoms with E-state index in [1.165, 1.54) is 25.7 Å². The molecule has 1 aromatic heterocycles. The summed E-state index contributed by atoms with van der Waals surface area (Å²) in [5.41, 5.74) is -0.108. The van der Waals surface area contributed by atoms with Crippen molar-refractivity contribution in [1.82, 2.24) is 9.88 Å². The van der Waals surface area contributed by atoms with Crippen molar-refractivity contribution in [3.63, 3.8) is 0 Å². The number of carboxylic acids is 1. The van der Waals surface area contributed by atoms with Crippen LogP contribution in [0.15, 0.2) is 24.4 Å². The van der Waals surface area contributed by atoms with Gasteiger partial charge in [-0.25, -0.2) is 9.78 Å². The summed E-state index contributed by atoms with van der Waals surface area (Å²) in [6, 6.07) is 5.70. The lowest BCUT2D eigenvalue weighted by atomic mass is 9.87. The molecular weight excluding hydrogens is 429 g/mol. The molecule has 0 aromatic carbocycles. The first kappa shape index (κ1) is 24.3. The van der Waals surface area contributed by atoms with E-state index in [4.69, 9.17) is 19.4 Å². The Labute approximate surface area is 184 Å². The molecular formula is C22H29F3N2O5. The van der Waals surface area contributed by atoms with Crippen LogP contribution < -0.4 is 4.74 Å². The van der Waals surface area contributed by atoms with E-state index in [-0.39, 0.29) is 11.7 Å². The summed E-state index contributed by atoms with van der Waals surface area (Å²) in [6.45, 7) is 2.26. The Morgan fingerprint density at radius 3 is 2.44 bits per heavy atom. The molecule has 1 aromatic rings. The highest BCUT2D eigenvalue weighted by atomic mass is 19.4. The molecule has 3 fully saturated rings. The Morgan fingerprint density at radius 2 is 1.88 bits per heavy atom. The molecule has 1 aliphatic carbocycles. The summed E-state index contributed by atoms with van der Waals surface area (Å²) in [5, 5.41) is 7.12. The van der Waals surface area contributed by atoms with Gasteiger partial charge in [-0.2, -0.15) is 13.2 Å². The van der Waals surface area contributed by atoms with Crippen molar-refractivity contribution in [1.29, 1.82) is 0 Å². The minimum absolute atomic E-state index is 0.0654. The molecule has 1 N–H and O–H groups in total. The lowest BCUT2D eigenvalue weighted by Crippen LogP contribution is -2.47. The van der Waals surface area contributed by atoms with Gasteiger partial charge in [-0.1, -0.05) is 18.9 Å². The number of hydrogen-bond donors (Lipinski definition) is 1. The van der Waals surface area contributed by atoms with Gasteiger partial charge in [0.05, 0.1) is 12.2 Å². The number of halogens is 3. The third kappa shape index (κ3) is 6.82. The van der Waals surface area contributed by atoms with Crippen LogP contribution in [0.4, 0.5) is 13.2 Å². The van der Waals surface area contributed by atoms with Gasteiger partial charge in [-0.05, 0) is 37.7 Å². The SMILES string of the molecule is O=C(CC1CCCC1)N1CCC2(CC1)CC(Oc1ccccn1)CO2.O=C(O)C(F)(F)F. The van der Waals surface area contributed by atoms with Crippen molar-refractivity contribution >= 4 is 11.9 Å². The molecule has 7 nitrogen and oxygen atoms in total. The van der Waals surface area contributed by atoms with Crippen molar-refractivity contribution in [2.45, 2.75) is 69.2 Å². The lowest BCUT2D eigenvalue weighted by Gasteiger charge is -2.38. The highest BCUT2D eigenvalue weighted by molar-refractivity contribution is 5.76. The topological polar surface area (TPSA) is 89.0 Å². The first-order chi connectivity index (χ1) is 15.2. The predicted octanol–water partition coefficient (Wildman–Crippen LogP) is 3.82. The van der Waals surface area contributed by atoms with Gasteiger partial charge < -0.3 is 19.5 Å². The molecule has 3 heterocycles. The van der Waals surface area contributed by atoms with Gasteiger partial charge in [0.25, 0.3) is 0 Å². The van der Waals surface area contributed by atoms with E-state index < -0.39 is 12.1 Å². The van der Waals surface area contributed by atoms with Crippen LogP contribution in [0.1, 0.15) is 51.4 Å². The third-order valence-electron chi connectivity index (χ3n) is 6.31. The highest BCUT2D eigenvalue weighted by Crippen LogP contribution is 2.38.